The number of rotatable bonds is 7. The Hall–Kier alpha value is -3.35. The SMILES string of the molecule is COC(=O)C(N)Cc1ccc(Oc2ccc(CC3C(=O)Nc4ccccc43)c(Cl)c2)cc1. The number of carbonyl (C=O) groups is 2. The van der Waals surface area contributed by atoms with Crippen molar-refractivity contribution in [2.75, 3.05) is 12.4 Å². The van der Waals surface area contributed by atoms with E-state index in [1.165, 1.54) is 7.11 Å². The van der Waals surface area contributed by atoms with Crippen LogP contribution < -0.4 is 15.8 Å². The maximum absolute atomic E-state index is 12.4. The van der Waals surface area contributed by atoms with Gasteiger partial charge in [0, 0.05) is 10.7 Å². The molecule has 1 aliphatic heterocycles. The van der Waals surface area contributed by atoms with E-state index in [1.807, 2.05) is 48.5 Å². The van der Waals surface area contributed by atoms with Gasteiger partial charge in [-0.3, -0.25) is 9.59 Å². The van der Waals surface area contributed by atoms with Crippen molar-refractivity contribution in [3.8, 4) is 11.5 Å². The van der Waals surface area contributed by atoms with Crippen LogP contribution in [-0.4, -0.2) is 25.0 Å². The van der Waals surface area contributed by atoms with Gasteiger partial charge in [-0.05, 0) is 59.9 Å². The highest BCUT2D eigenvalue weighted by atomic mass is 35.5. The third-order valence-electron chi connectivity index (χ3n) is 5.48. The highest BCUT2D eigenvalue weighted by Crippen LogP contribution is 2.36. The van der Waals surface area contributed by atoms with Crippen molar-refractivity contribution < 1.29 is 19.1 Å². The topological polar surface area (TPSA) is 90.7 Å². The minimum absolute atomic E-state index is 0.0189. The Balaban J connectivity index is 1.42. The molecule has 0 radical (unpaired) electrons. The first kappa shape index (κ1) is 21.9. The number of amides is 1. The van der Waals surface area contributed by atoms with Crippen molar-refractivity contribution in [2.45, 2.75) is 24.8 Å². The summed E-state index contributed by atoms with van der Waals surface area (Å²) in [6.45, 7) is 0. The molecule has 164 valence electrons. The first-order valence-corrected chi connectivity index (χ1v) is 10.6. The fraction of sp³-hybridized carbons (Fsp3) is 0.200. The molecule has 0 aliphatic carbocycles. The molecular formula is C25H23ClN2O4. The van der Waals surface area contributed by atoms with Crippen LogP contribution in [0.4, 0.5) is 5.69 Å². The Kier molecular flexibility index (Phi) is 6.44. The summed E-state index contributed by atoms with van der Waals surface area (Å²) in [4.78, 5) is 23.9. The minimum atomic E-state index is -0.702. The maximum Gasteiger partial charge on any atom is 0.322 e. The second-order valence-electron chi connectivity index (χ2n) is 7.67. The van der Waals surface area contributed by atoms with E-state index in [0.717, 1.165) is 22.4 Å². The number of benzene rings is 3. The molecule has 3 aromatic rings. The van der Waals surface area contributed by atoms with Gasteiger partial charge in [-0.25, -0.2) is 0 Å². The van der Waals surface area contributed by atoms with Gasteiger partial charge in [0.1, 0.15) is 17.5 Å². The molecule has 0 fully saturated rings. The third kappa shape index (κ3) is 4.77. The molecule has 2 atom stereocenters. The second-order valence-corrected chi connectivity index (χ2v) is 8.07. The number of hydrogen-bond acceptors (Lipinski definition) is 5. The number of nitrogens with two attached hydrogens (primary N) is 1. The predicted octanol–water partition coefficient (Wildman–Crippen LogP) is 4.45. The molecule has 0 saturated carbocycles. The summed E-state index contributed by atoms with van der Waals surface area (Å²) in [6.07, 6.45) is 0.891. The van der Waals surface area contributed by atoms with Crippen LogP contribution in [0.5, 0.6) is 11.5 Å². The molecule has 0 bridgehead atoms. The highest BCUT2D eigenvalue weighted by Gasteiger charge is 2.30. The van der Waals surface area contributed by atoms with Crippen LogP contribution in [0.25, 0.3) is 0 Å². The molecule has 4 rings (SSSR count). The van der Waals surface area contributed by atoms with E-state index in [-0.39, 0.29) is 11.8 Å². The van der Waals surface area contributed by atoms with Crippen LogP contribution in [0.2, 0.25) is 5.02 Å². The van der Waals surface area contributed by atoms with Crippen molar-refractivity contribution in [1.82, 2.24) is 0 Å². The quantitative estimate of drug-likeness (QED) is 0.519. The molecule has 3 N–H and O–H groups in total. The average Bonchev–Trinajstić information content (AvgIpc) is 3.11. The van der Waals surface area contributed by atoms with Crippen molar-refractivity contribution in [3.63, 3.8) is 0 Å². The zero-order chi connectivity index (χ0) is 22.7. The largest absolute Gasteiger partial charge is 0.468 e. The number of carbonyl (C=O) groups excluding carboxylic acids is 2. The second kappa shape index (κ2) is 9.42. The number of halogens is 1. The summed E-state index contributed by atoms with van der Waals surface area (Å²) in [5.41, 5.74) is 9.42. The van der Waals surface area contributed by atoms with Gasteiger partial charge in [0.2, 0.25) is 5.91 Å². The lowest BCUT2D eigenvalue weighted by molar-refractivity contribution is -0.142. The Morgan fingerprint density at radius 2 is 1.81 bits per heavy atom. The van der Waals surface area contributed by atoms with Crippen LogP contribution in [0.3, 0.4) is 0 Å². The maximum atomic E-state index is 12.4. The van der Waals surface area contributed by atoms with Gasteiger partial charge in [0.05, 0.1) is 13.0 Å². The zero-order valence-corrected chi connectivity index (χ0v) is 18.3. The molecule has 1 aliphatic rings. The average molecular weight is 451 g/mol. The lowest BCUT2D eigenvalue weighted by Crippen LogP contribution is -2.33. The van der Waals surface area contributed by atoms with Gasteiger partial charge < -0.3 is 20.5 Å². The first-order chi connectivity index (χ1) is 15.4. The van der Waals surface area contributed by atoms with E-state index in [4.69, 9.17) is 22.1 Å². The minimum Gasteiger partial charge on any atom is -0.468 e. The van der Waals surface area contributed by atoms with E-state index < -0.39 is 12.0 Å². The van der Waals surface area contributed by atoms with Crippen molar-refractivity contribution in [1.29, 1.82) is 0 Å². The van der Waals surface area contributed by atoms with E-state index in [2.05, 4.69) is 10.1 Å². The van der Waals surface area contributed by atoms with Gasteiger partial charge in [-0.2, -0.15) is 0 Å². The van der Waals surface area contributed by atoms with Gasteiger partial charge in [-0.1, -0.05) is 48.0 Å². The lowest BCUT2D eigenvalue weighted by Gasteiger charge is -2.13. The van der Waals surface area contributed by atoms with Gasteiger partial charge in [0.15, 0.2) is 0 Å². The van der Waals surface area contributed by atoms with E-state index >= 15 is 0 Å². The first-order valence-electron chi connectivity index (χ1n) is 10.2. The molecule has 3 aromatic carbocycles. The smallest absolute Gasteiger partial charge is 0.322 e. The van der Waals surface area contributed by atoms with E-state index in [1.54, 1.807) is 18.2 Å². The molecule has 1 heterocycles. The standard InChI is InChI=1S/C25H23ClN2O4/c1-31-25(30)22(27)12-15-6-9-17(10-7-15)32-18-11-8-16(21(26)14-18)13-20-19-4-2-3-5-23(19)28-24(20)29/h2-11,14,20,22H,12-13,27H2,1H3,(H,28,29). The van der Waals surface area contributed by atoms with Crippen LogP contribution in [0.15, 0.2) is 66.7 Å². The normalized spacial score (nSPS) is 15.6. The Labute approximate surface area is 191 Å². The molecule has 1 amide bonds. The van der Waals surface area contributed by atoms with Crippen molar-refractivity contribution in [2.24, 2.45) is 5.73 Å². The lowest BCUT2D eigenvalue weighted by atomic mass is 9.93. The number of anilines is 1. The zero-order valence-electron chi connectivity index (χ0n) is 17.5. The van der Waals surface area contributed by atoms with E-state index in [0.29, 0.717) is 29.4 Å². The molecule has 0 aromatic heterocycles. The summed E-state index contributed by atoms with van der Waals surface area (Å²) in [5, 5.41) is 3.46. The number of methoxy groups -OCH3 is 1. The molecule has 32 heavy (non-hydrogen) atoms. The summed E-state index contributed by atoms with van der Waals surface area (Å²) in [5.74, 6) is 0.495. The number of fused-ring (bicyclic) bond motifs is 1. The summed E-state index contributed by atoms with van der Waals surface area (Å²) >= 11 is 6.51. The van der Waals surface area contributed by atoms with Crippen molar-refractivity contribution >= 4 is 29.2 Å². The molecule has 2 unspecified atom stereocenters. The summed E-state index contributed by atoms with van der Waals surface area (Å²) < 4.78 is 10.6. The van der Waals surface area contributed by atoms with Gasteiger partial charge in [0.25, 0.3) is 0 Å². The molecule has 0 saturated heterocycles. The molecule has 7 heteroatoms. The fourth-order valence-corrected chi connectivity index (χ4v) is 4.02. The Morgan fingerprint density at radius 1 is 1.09 bits per heavy atom. The Morgan fingerprint density at radius 3 is 2.53 bits per heavy atom. The number of esters is 1. The van der Waals surface area contributed by atoms with Gasteiger partial charge >= 0.3 is 5.97 Å². The fourth-order valence-electron chi connectivity index (χ4n) is 3.77. The number of ether oxygens (including phenoxy) is 2. The van der Waals surface area contributed by atoms with Gasteiger partial charge in [-0.15, -0.1) is 0 Å². The third-order valence-corrected chi connectivity index (χ3v) is 5.83. The Bertz CT molecular complexity index is 1150. The van der Waals surface area contributed by atoms with Crippen LogP contribution in [-0.2, 0) is 27.2 Å². The van der Waals surface area contributed by atoms with Crippen LogP contribution in [0.1, 0.15) is 22.6 Å². The van der Waals surface area contributed by atoms with Crippen LogP contribution >= 0.6 is 11.6 Å². The highest BCUT2D eigenvalue weighted by molar-refractivity contribution is 6.31. The summed E-state index contributed by atoms with van der Waals surface area (Å²) in [6, 6.07) is 19.8. The molecular weight excluding hydrogens is 428 g/mol. The van der Waals surface area contributed by atoms with Crippen molar-refractivity contribution in [3.05, 3.63) is 88.4 Å². The monoisotopic (exact) mass is 450 g/mol. The number of hydrogen-bond donors (Lipinski definition) is 2. The molecule has 0 spiro atoms. The number of nitrogens with one attached hydrogen (secondary N) is 1. The predicted molar refractivity (Wildman–Crippen MR) is 123 cm³/mol. The summed E-state index contributed by atoms with van der Waals surface area (Å²) in [7, 11) is 1.32. The molecule has 6 nitrogen and oxygen atoms in total. The number of para-hydroxylation sites is 1. The van der Waals surface area contributed by atoms with Crippen LogP contribution in [0, 0.1) is 0 Å². The van der Waals surface area contributed by atoms with E-state index in [9.17, 15) is 9.59 Å².